The molecule has 0 amide bonds. The smallest absolute Gasteiger partial charge is 0.291 e. The van der Waals surface area contributed by atoms with Gasteiger partial charge in [-0.15, -0.1) is 0 Å². The second-order valence-corrected chi connectivity index (χ2v) is 5.81. The van der Waals surface area contributed by atoms with Crippen LogP contribution in [0.2, 0.25) is 0 Å². The number of nitrogens with zero attached hydrogens (tertiary/aromatic N) is 2. The summed E-state index contributed by atoms with van der Waals surface area (Å²) in [6.07, 6.45) is 0. The van der Waals surface area contributed by atoms with Crippen molar-refractivity contribution in [1.82, 2.24) is 5.32 Å². The topological polar surface area (TPSA) is 115 Å². The highest BCUT2D eigenvalue weighted by Gasteiger charge is 2.57. The van der Waals surface area contributed by atoms with Crippen molar-refractivity contribution in [2.24, 2.45) is 0 Å². The normalized spacial score (nSPS) is 26.2. The SMILES string of the molecule is O=C1[C@@H]([N+](=O)[O-])[C@@H](c2ccccc2)N[C@@H](c2ccccc2)[C@H]1[N+](=O)[O-]. The van der Waals surface area contributed by atoms with Gasteiger partial charge >= 0.3 is 0 Å². The third-order valence-corrected chi connectivity index (χ3v) is 4.35. The Morgan fingerprint density at radius 1 is 0.720 bits per heavy atom. The van der Waals surface area contributed by atoms with Crippen LogP contribution in [-0.4, -0.2) is 27.7 Å². The van der Waals surface area contributed by atoms with Gasteiger partial charge in [0.15, 0.2) is 0 Å². The summed E-state index contributed by atoms with van der Waals surface area (Å²) in [5.74, 6) is -0.989. The number of ketones is 1. The Hall–Kier alpha value is -3.13. The van der Waals surface area contributed by atoms with Crippen LogP contribution >= 0.6 is 0 Å². The monoisotopic (exact) mass is 341 g/mol. The molecule has 1 N–H and O–H groups in total. The Morgan fingerprint density at radius 2 is 1.08 bits per heavy atom. The number of rotatable bonds is 4. The number of nitro groups is 2. The minimum Gasteiger partial charge on any atom is -0.291 e. The summed E-state index contributed by atoms with van der Waals surface area (Å²) in [5.41, 5.74) is 1.08. The molecule has 3 rings (SSSR count). The van der Waals surface area contributed by atoms with E-state index in [-0.39, 0.29) is 0 Å². The van der Waals surface area contributed by atoms with Crippen LogP contribution in [0.3, 0.4) is 0 Å². The number of nitrogens with one attached hydrogen (secondary N) is 1. The molecule has 1 saturated heterocycles. The summed E-state index contributed by atoms with van der Waals surface area (Å²) in [6.45, 7) is 0. The Morgan fingerprint density at radius 3 is 1.40 bits per heavy atom. The molecule has 2 aromatic rings. The summed E-state index contributed by atoms with van der Waals surface area (Å²) in [7, 11) is 0. The molecule has 25 heavy (non-hydrogen) atoms. The minimum absolute atomic E-state index is 0.542. The third kappa shape index (κ3) is 3.11. The molecule has 1 fully saturated rings. The predicted molar refractivity (Wildman–Crippen MR) is 88.1 cm³/mol. The molecular weight excluding hydrogens is 326 g/mol. The van der Waals surface area contributed by atoms with E-state index in [1.807, 2.05) is 0 Å². The first kappa shape index (κ1) is 16.7. The molecule has 1 heterocycles. The van der Waals surface area contributed by atoms with Crippen molar-refractivity contribution in [2.45, 2.75) is 24.2 Å². The van der Waals surface area contributed by atoms with Gasteiger partial charge in [0.25, 0.3) is 17.9 Å². The van der Waals surface area contributed by atoms with Crippen LogP contribution in [0.25, 0.3) is 0 Å². The zero-order valence-electron chi connectivity index (χ0n) is 13.0. The second-order valence-electron chi connectivity index (χ2n) is 5.81. The lowest BCUT2D eigenvalue weighted by Gasteiger charge is -2.33. The van der Waals surface area contributed by atoms with Crippen LogP contribution < -0.4 is 5.32 Å². The lowest BCUT2D eigenvalue weighted by molar-refractivity contribution is -0.544. The van der Waals surface area contributed by atoms with Crippen molar-refractivity contribution in [2.75, 3.05) is 0 Å². The molecule has 8 nitrogen and oxygen atoms in total. The summed E-state index contributed by atoms with van der Waals surface area (Å²) in [4.78, 5) is 34.1. The fourth-order valence-electron chi connectivity index (χ4n) is 3.21. The predicted octanol–water partition coefficient (Wildman–Crippen LogP) is 1.93. The third-order valence-electron chi connectivity index (χ3n) is 4.35. The van der Waals surface area contributed by atoms with Gasteiger partial charge in [0.2, 0.25) is 0 Å². The Kier molecular flexibility index (Phi) is 4.53. The van der Waals surface area contributed by atoms with Crippen LogP contribution in [0, 0.1) is 20.2 Å². The van der Waals surface area contributed by atoms with Gasteiger partial charge in [-0.25, -0.2) is 0 Å². The van der Waals surface area contributed by atoms with Crippen LogP contribution in [0.15, 0.2) is 60.7 Å². The molecule has 0 saturated carbocycles. The van der Waals surface area contributed by atoms with E-state index in [1.54, 1.807) is 60.7 Å². The first-order chi connectivity index (χ1) is 12.0. The summed E-state index contributed by atoms with van der Waals surface area (Å²) in [5, 5.41) is 25.9. The van der Waals surface area contributed by atoms with Gasteiger partial charge < -0.3 is 0 Å². The molecule has 2 aromatic carbocycles. The number of hydrogen-bond donors (Lipinski definition) is 1. The average molecular weight is 341 g/mol. The van der Waals surface area contributed by atoms with Gasteiger partial charge in [-0.1, -0.05) is 60.7 Å². The van der Waals surface area contributed by atoms with Crippen LogP contribution in [0.5, 0.6) is 0 Å². The van der Waals surface area contributed by atoms with Gasteiger partial charge in [-0.05, 0) is 11.1 Å². The minimum atomic E-state index is -1.71. The van der Waals surface area contributed by atoms with Crippen molar-refractivity contribution in [3.05, 3.63) is 92.0 Å². The summed E-state index contributed by atoms with van der Waals surface area (Å²) < 4.78 is 0. The fourth-order valence-corrected chi connectivity index (χ4v) is 3.21. The molecule has 0 aliphatic carbocycles. The van der Waals surface area contributed by atoms with Gasteiger partial charge in [-0.3, -0.25) is 30.3 Å². The highest BCUT2D eigenvalue weighted by Crippen LogP contribution is 2.34. The number of Topliss-reactive ketones (excluding diaryl/α,β-unsaturated/α-hetero) is 1. The average Bonchev–Trinajstić information content (AvgIpc) is 2.61. The molecule has 0 unspecified atom stereocenters. The summed E-state index contributed by atoms with van der Waals surface area (Å²) >= 11 is 0. The van der Waals surface area contributed by atoms with Crippen molar-refractivity contribution < 1.29 is 14.6 Å². The molecule has 1 aliphatic heterocycles. The molecule has 4 atom stereocenters. The van der Waals surface area contributed by atoms with E-state index < -0.39 is 39.8 Å². The van der Waals surface area contributed by atoms with E-state index in [1.165, 1.54) is 0 Å². The quantitative estimate of drug-likeness (QED) is 0.671. The maximum absolute atomic E-state index is 12.7. The molecule has 128 valence electrons. The second kappa shape index (κ2) is 6.78. The number of carbonyl (C=O) groups is 1. The highest BCUT2D eigenvalue weighted by molar-refractivity contribution is 5.89. The largest absolute Gasteiger partial charge is 0.296 e. The Bertz CT molecular complexity index is 731. The maximum Gasteiger partial charge on any atom is 0.296 e. The van der Waals surface area contributed by atoms with Gasteiger partial charge in [0.1, 0.15) is 12.1 Å². The van der Waals surface area contributed by atoms with Crippen molar-refractivity contribution in [3.63, 3.8) is 0 Å². The van der Waals surface area contributed by atoms with Gasteiger partial charge in [-0.2, -0.15) is 0 Å². The standard InChI is InChI=1S/C17H15N3O5/c21-17-15(19(22)23)13(11-7-3-1-4-8-11)18-14(16(17)20(24)25)12-9-5-2-6-10-12/h1-10,13-16,18H/t13-,14+,15+,16-. The zero-order chi connectivity index (χ0) is 18.0. The van der Waals surface area contributed by atoms with E-state index in [0.29, 0.717) is 11.1 Å². The first-order valence-electron chi connectivity index (χ1n) is 7.67. The van der Waals surface area contributed by atoms with Crippen molar-refractivity contribution in [3.8, 4) is 0 Å². The Balaban J connectivity index is 2.09. The molecule has 1 aliphatic rings. The number of carbonyl (C=O) groups excluding carboxylic acids is 1. The van der Waals surface area contributed by atoms with E-state index in [4.69, 9.17) is 0 Å². The molecule has 0 bridgehead atoms. The zero-order valence-corrected chi connectivity index (χ0v) is 13.0. The Labute approximate surface area is 142 Å². The van der Waals surface area contributed by atoms with Gasteiger partial charge in [0, 0.05) is 9.85 Å². The van der Waals surface area contributed by atoms with Gasteiger partial charge in [0.05, 0.1) is 0 Å². The summed E-state index contributed by atoms with van der Waals surface area (Å²) in [6, 6.07) is 11.7. The molecule has 0 aromatic heterocycles. The molecule has 0 spiro atoms. The maximum atomic E-state index is 12.7. The fraction of sp³-hybridized carbons (Fsp3) is 0.235. The van der Waals surface area contributed by atoms with E-state index in [9.17, 15) is 25.0 Å². The highest BCUT2D eigenvalue weighted by atomic mass is 16.6. The van der Waals surface area contributed by atoms with Crippen LogP contribution in [-0.2, 0) is 4.79 Å². The lowest BCUT2D eigenvalue weighted by atomic mass is 9.82. The van der Waals surface area contributed by atoms with Crippen LogP contribution in [0.1, 0.15) is 23.2 Å². The first-order valence-corrected chi connectivity index (χ1v) is 7.67. The molecular formula is C17H15N3O5. The van der Waals surface area contributed by atoms with Crippen molar-refractivity contribution >= 4 is 5.78 Å². The lowest BCUT2D eigenvalue weighted by Crippen LogP contribution is -2.59. The van der Waals surface area contributed by atoms with Crippen molar-refractivity contribution in [1.29, 1.82) is 0 Å². The number of piperidine rings is 1. The molecule has 0 radical (unpaired) electrons. The van der Waals surface area contributed by atoms with E-state index in [0.717, 1.165) is 0 Å². The number of hydrogen-bond acceptors (Lipinski definition) is 6. The molecule has 8 heteroatoms. The number of benzene rings is 2. The van der Waals surface area contributed by atoms with E-state index in [2.05, 4.69) is 5.32 Å². The van der Waals surface area contributed by atoms with Crippen LogP contribution in [0.4, 0.5) is 0 Å². The van der Waals surface area contributed by atoms with E-state index >= 15 is 0 Å².